The van der Waals surface area contributed by atoms with Gasteiger partial charge >= 0.3 is 0 Å². The number of aromatic nitrogens is 1. The third-order valence-electron chi connectivity index (χ3n) is 7.69. The minimum absolute atomic E-state index is 0.138. The van der Waals surface area contributed by atoms with Crippen molar-refractivity contribution in [2.45, 2.75) is 51.5 Å². The number of hydrogen-bond acceptors (Lipinski definition) is 4. The lowest BCUT2D eigenvalue weighted by Crippen LogP contribution is -2.47. The van der Waals surface area contributed by atoms with Gasteiger partial charge in [0.05, 0.1) is 23.1 Å². The molecule has 0 amide bonds. The summed E-state index contributed by atoms with van der Waals surface area (Å²) in [6.45, 7) is 4.91. The number of pyridine rings is 1. The fraction of sp³-hybridized carbons (Fsp3) is 0.481. The summed E-state index contributed by atoms with van der Waals surface area (Å²) in [6, 6.07) is 10.1. The highest BCUT2D eigenvalue weighted by Gasteiger charge is 2.50. The summed E-state index contributed by atoms with van der Waals surface area (Å²) in [5.74, 6) is 0.971. The molecule has 166 valence electrons. The van der Waals surface area contributed by atoms with Crippen LogP contribution in [0.1, 0.15) is 60.7 Å². The Balaban J connectivity index is 1.37. The molecule has 1 atom stereocenters. The molecule has 32 heavy (non-hydrogen) atoms. The molecule has 1 aromatic heterocycles. The van der Waals surface area contributed by atoms with Gasteiger partial charge in [-0.05, 0) is 97.9 Å². The Kier molecular flexibility index (Phi) is 4.63. The van der Waals surface area contributed by atoms with Crippen molar-refractivity contribution >= 4 is 17.6 Å². The fourth-order valence-corrected chi connectivity index (χ4v) is 5.89. The number of hydrogen-bond donors (Lipinski definition) is 0. The molecule has 2 aromatic rings. The SMILES string of the molecule is Cc1cc(F)cc(C2CCN=C3/C(=C/c4ccc5c(n4)CCCN5C)CC4(CC4)CN32)c1. The molecular formula is C27H31FN4. The summed E-state index contributed by atoms with van der Waals surface area (Å²) in [6.07, 6.45) is 9.05. The van der Waals surface area contributed by atoms with E-state index in [1.54, 1.807) is 12.1 Å². The lowest BCUT2D eigenvalue weighted by molar-refractivity contribution is 0.218. The molecule has 4 heterocycles. The van der Waals surface area contributed by atoms with Crippen LogP contribution in [0.4, 0.5) is 10.1 Å². The van der Waals surface area contributed by atoms with Crippen molar-refractivity contribution in [2.75, 3.05) is 31.6 Å². The molecule has 0 N–H and O–H groups in total. The van der Waals surface area contributed by atoms with Gasteiger partial charge in [-0.15, -0.1) is 0 Å². The Labute approximate surface area is 189 Å². The minimum Gasteiger partial charge on any atom is -0.373 e. The molecule has 1 aliphatic carbocycles. The number of aryl methyl sites for hydroxylation is 2. The normalized spacial score (nSPS) is 24.9. The van der Waals surface area contributed by atoms with Gasteiger partial charge in [0.15, 0.2) is 0 Å². The molecule has 5 heteroatoms. The minimum atomic E-state index is -0.138. The first-order valence-corrected chi connectivity index (χ1v) is 12.0. The Morgan fingerprint density at radius 1 is 1.19 bits per heavy atom. The smallest absolute Gasteiger partial charge is 0.127 e. The number of anilines is 1. The number of aliphatic imine (C=N–C) groups is 1. The van der Waals surface area contributed by atoms with E-state index in [9.17, 15) is 4.39 Å². The number of halogens is 1. The second-order valence-corrected chi connectivity index (χ2v) is 10.3. The highest BCUT2D eigenvalue weighted by molar-refractivity contribution is 6.03. The van der Waals surface area contributed by atoms with Crippen molar-refractivity contribution in [1.82, 2.24) is 9.88 Å². The van der Waals surface area contributed by atoms with Crippen molar-refractivity contribution in [3.63, 3.8) is 0 Å². The fourth-order valence-electron chi connectivity index (χ4n) is 5.89. The van der Waals surface area contributed by atoms with Crippen LogP contribution in [0.3, 0.4) is 0 Å². The average Bonchev–Trinajstić information content (AvgIpc) is 3.51. The van der Waals surface area contributed by atoms with E-state index in [-0.39, 0.29) is 11.9 Å². The zero-order chi connectivity index (χ0) is 21.9. The second kappa shape index (κ2) is 7.43. The molecule has 6 rings (SSSR count). The van der Waals surface area contributed by atoms with E-state index in [1.807, 2.05) is 6.92 Å². The molecule has 4 nitrogen and oxygen atoms in total. The van der Waals surface area contributed by atoms with Crippen LogP contribution in [0.15, 0.2) is 40.9 Å². The summed E-state index contributed by atoms with van der Waals surface area (Å²) < 4.78 is 14.2. The van der Waals surface area contributed by atoms with Crippen LogP contribution >= 0.6 is 0 Å². The zero-order valence-electron chi connectivity index (χ0n) is 19.1. The van der Waals surface area contributed by atoms with Crippen molar-refractivity contribution in [1.29, 1.82) is 0 Å². The van der Waals surface area contributed by atoms with E-state index in [0.717, 1.165) is 68.0 Å². The van der Waals surface area contributed by atoms with Gasteiger partial charge in [0, 0.05) is 26.7 Å². The van der Waals surface area contributed by atoms with Gasteiger partial charge in [-0.3, -0.25) is 9.98 Å². The zero-order valence-corrected chi connectivity index (χ0v) is 19.1. The monoisotopic (exact) mass is 430 g/mol. The molecule has 2 fully saturated rings. The lowest BCUT2D eigenvalue weighted by atomic mass is 9.85. The van der Waals surface area contributed by atoms with Crippen LogP contribution in [0.2, 0.25) is 0 Å². The van der Waals surface area contributed by atoms with Crippen LogP contribution in [0.5, 0.6) is 0 Å². The first-order chi connectivity index (χ1) is 15.5. The molecule has 1 spiro atoms. The predicted octanol–water partition coefficient (Wildman–Crippen LogP) is 5.32. The number of rotatable bonds is 2. The third-order valence-corrected chi connectivity index (χ3v) is 7.69. The Morgan fingerprint density at radius 3 is 2.88 bits per heavy atom. The molecule has 1 unspecified atom stereocenters. The maximum atomic E-state index is 14.2. The maximum absolute atomic E-state index is 14.2. The summed E-state index contributed by atoms with van der Waals surface area (Å²) in [7, 11) is 2.15. The van der Waals surface area contributed by atoms with Crippen LogP contribution in [-0.2, 0) is 6.42 Å². The van der Waals surface area contributed by atoms with E-state index < -0.39 is 0 Å². The number of piperidine rings is 1. The van der Waals surface area contributed by atoms with E-state index in [0.29, 0.717) is 5.41 Å². The second-order valence-electron chi connectivity index (χ2n) is 10.3. The largest absolute Gasteiger partial charge is 0.373 e. The number of fused-ring (bicyclic) bond motifs is 2. The molecule has 1 saturated carbocycles. The van der Waals surface area contributed by atoms with Gasteiger partial charge in [0.1, 0.15) is 11.7 Å². The number of benzene rings is 1. The Hall–Kier alpha value is -2.69. The van der Waals surface area contributed by atoms with Crippen molar-refractivity contribution in [3.8, 4) is 0 Å². The first-order valence-electron chi connectivity index (χ1n) is 12.0. The van der Waals surface area contributed by atoms with Gasteiger partial charge in [0.2, 0.25) is 0 Å². The Morgan fingerprint density at radius 2 is 2.06 bits per heavy atom. The summed E-state index contributed by atoms with van der Waals surface area (Å²) in [4.78, 5) is 14.8. The van der Waals surface area contributed by atoms with Crippen LogP contribution < -0.4 is 4.90 Å². The van der Waals surface area contributed by atoms with Crippen LogP contribution in [0, 0.1) is 18.2 Å². The van der Waals surface area contributed by atoms with Crippen LogP contribution in [0.25, 0.3) is 6.08 Å². The lowest BCUT2D eigenvalue weighted by Gasteiger charge is -2.45. The molecular weight excluding hydrogens is 399 g/mol. The Bertz CT molecular complexity index is 1110. The van der Waals surface area contributed by atoms with Gasteiger partial charge < -0.3 is 9.80 Å². The summed E-state index contributed by atoms with van der Waals surface area (Å²) in [5.41, 5.74) is 7.25. The standard InChI is InChI=1S/C27H31FN4/c1-18-12-19(14-21(28)13-18)24-7-10-29-26-20(16-27(8-9-27)17-32(24)26)15-22-5-6-25-23(30-22)4-3-11-31(25)2/h5-6,12-15,24H,3-4,7-11,16-17H2,1-2H3/b20-15+. The predicted molar refractivity (Wildman–Crippen MR) is 128 cm³/mol. The van der Waals surface area contributed by atoms with E-state index in [4.69, 9.17) is 9.98 Å². The highest BCUT2D eigenvalue weighted by atomic mass is 19.1. The van der Waals surface area contributed by atoms with Gasteiger partial charge in [0.25, 0.3) is 0 Å². The first kappa shape index (κ1) is 20.0. The van der Waals surface area contributed by atoms with E-state index >= 15 is 0 Å². The van der Waals surface area contributed by atoms with Crippen molar-refractivity contribution in [2.24, 2.45) is 10.4 Å². The molecule has 3 aliphatic heterocycles. The van der Waals surface area contributed by atoms with Gasteiger partial charge in [-0.25, -0.2) is 4.39 Å². The van der Waals surface area contributed by atoms with E-state index in [1.165, 1.54) is 29.8 Å². The quantitative estimate of drug-likeness (QED) is 0.646. The van der Waals surface area contributed by atoms with Crippen LogP contribution in [-0.4, -0.2) is 42.4 Å². The van der Waals surface area contributed by atoms with Gasteiger partial charge in [-0.1, -0.05) is 6.07 Å². The number of nitrogens with zero attached hydrogens (tertiary/aromatic N) is 4. The highest BCUT2D eigenvalue weighted by Crippen LogP contribution is 2.56. The molecule has 4 aliphatic rings. The summed E-state index contributed by atoms with van der Waals surface area (Å²) >= 11 is 0. The average molecular weight is 431 g/mol. The molecule has 1 aromatic carbocycles. The molecule has 1 saturated heterocycles. The van der Waals surface area contributed by atoms with Crippen molar-refractivity contribution < 1.29 is 4.39 Å². The van der Waals surface area contributed by atoms with Gasteiger partial charge in [-0.2, -0.15) is 0 Å². The molecule has 0 radical (unpaired) electrons. The summed E-state index contributed by atoms with van der Waals surface area (Å²) in [5, 5.41) is 0. The van der Waals surface area contributed by atoms with Crippen molar-refractivity contribution in [3.05, 3.63) is 64.2 Å². The van der Waals surface area contributed by atoms with E-state index in [2.05, 4.69) is 41.1 Å². The topological polar surface area (TPSA) is 31.7 Å². The number of amidine groups is 1. The molecule has 0 bridgehead atoms. The maximum Gasteiger partial charge on any atom is 0.127 e. The third kappa shape index (κ3) is 3.52.